The van der Waals surface area contributed by atoms with Crippen molar-refractivity contribution in [3.05, 3.63) is 103 Å². The van der Waals surface area contributed by atoms with Gasteiger partial charge in [-0.05, 0) is 73.0 Å². The van der Waals surface area contributed by atoms with E-state index in [2.05, 4.69) is 20.7 Å². The molecule has 1 aliphatic rings. The van der Waals surface area contributed by atoms with Gasteiger partial charge < -0.3 is 15.4 Å². The molecule has 6 rings (SSSR count). The van der Waals surface area contributed by atoms with E-state index in [-0.39, 0.29) is 11.4 Å². The van der Waals surface area contributed by atoms with Gasteiger partial charge in [-0.15, -0.1) is 0 Å². The maximum atomic E-state index is 15.1. The molecule has 194 valence electrons. The molecule has 0 spiro atoms. The lowest BCUT2D eigenvalue weighted by Crippen LogP contribution is -2.35. The topological polar surface area (TPSA) is 97.6 Å². The van der Waals surface area contributed by atoms with Gasteiger partial charge in [0.15, 0.2) is 17.3 Å². The summed E-state index contributed by atoms with van der Waals surface area (Å²) in [5, 5.41) is 9.58. The number of fused-ring (bicyclic) bond motifs is 1. The number of pyridine rings is 1. The second-order valence-electron chi connectivity index (χ2n) is 9.20. The van der Waals surface area contributed by atoms with Crippen LogP contribution in [0.5, 0.6) is 11.5 Å². The Labute approximate surface area is 221 Å². The first-order valence-corrected chi connectivity index (χ1v) is 12.2. The van der Waals surface area contributed by atoms with Gasteiger partial charge in [0.05, 0.1) is 6.20 Å². The van der Waals surface area contributed by atoms with Crippen LogP contribution in [-0.2, 0) is 9.59 Å². The molecule has 5 aromatic rings. The maximum absolute atomic E-state index is 15.1. The van der Waals surface area contributed by atoms with E-state index < -0.39 is 28.9 Å². The third-order valence-electron chi connectivity index (χ3n) is 6.64. The molecular weight excluding hydrogens is 504 g/mol. The highest BCUT2D eigenvalue weighted by Gasteiger charge is 2.56. The van der Waals surface area contributed by atoms with Crippen LogP contribution in [0.15, 0.2) is 91.5 Å². The van der Waals surface area contributed by atoms with Gasteiger partial charge in [0.1, 0.15) is 16.7 Å². The van der Waals surface area contributed by atoms with Crippen LogP contribution in [0.25, 0.3) is 16.6 Å². The fourth-order valence-electron chi connectivity index (χ4n) is 4.36. The molecule has 3 heterocycles. The van der Waals surface area contributed by atoms with Crippen molar-refractivity contribution in [1.29, 1.82) is 0 Å². The highest BCUT2D eigenvalue weighted by atomic mass is 19.1. The van der Waals surface area contributed by atoms with Gasteiger partial charge in [0.25, 0.3) is 0 Å². The van der Waals surface area contributed by atoms with Gasteiger partial charge in [-0.2, -0.15) is 5.10 Å². The summed E-state index contributed by atoms with van der Waals surface area (Å²) in [6.07, 6.45) is 7.40. The molecule has 0 unspecified atom stereocenters. The summed E-state index contributed by atoms with van der Waals surface area (Å²) in [5.41, 5.74) is 1.71. The quantitative estimate of drug-likeness (QED) is 0.261. The van der Waals surface area contributed by atoms with Gasteiger partial charge in [-0.1, -0.05) is 0 Å². The van der Waals surface area contributed by atoms with Crippen LogP contribution in [0, 0.1) is 17.0 Å². The van der Waals surface area contributed by atoms with Crippen LogP contribution in [0.1, 0.15) is 12.8 Å². The third kappa shape index (κ3) is 4.68. The first kappa shape index (κ1) is 24.2. The van der Waals surface area contributed by atoms with E-state index in [1.807, 2.05) is 18.2 Å². The summed E-state index contributed by atoms with van der Waals surface area (Å²) in [5.74, 6) is -1.81. The zero-order chi connectivity index (χ0) is 27.0. The minimum absolute atomic E-state index is 0.0434. The number of nitrogens with one attached hydrogen (secondary N) is 2. The van der Waals surface area contributed by atoms with E-state index in [4.69, 9.17) is 4.74 Å². The summed E-state index contributed by atoms with van der Waals surface area (Å²) in [7, 11) is 0. The van der Waals surface area contributed by atoms with Crippen LogP contribution in [-0.4, -0.2) is 26.4 Å². The lowest BCUT2D eigenvalue weighted by atomic mass is 10.0. The van der Waals surface area contributed by atoms with Crippen LogP contribution in [0.2, 0.25) is 0 Å². The number of carbonyl (C=O) groups is 2. The molecular formula is C29H21F2N5O3. The molecule has 2 aromatic carbocycles. The van der Waals surface area contributed by atoms with E-state index in [0.717, 1.165) is 17.2 Å². The Balaban J connectivity index is 1.19. The lowest BCUT2D eigenvalue weighted by molar-refractivity contribution is -0.131. The number of nitrogens with zero attached hydrogens (tertiary/aromatic N) is 3. The minimum atomic E-state index is -1.26. The largest absolute Gasteiger partial charge is 0.452 e. The molecule has 1 aliphatic carbocycles. The molecule has 0 aliphatic heterocycles. The standard InChI is InChI=1S/C29H21F2N5O3/c30-19-1-3-20(4-2-19)34-27(37)29(11-12-29)28(38)35-21-5-6-24(23(31)17-21)39-25-9-15-33-36-16-10-22(26(25)36)18-7-13-32-14-8-18/h1-10,13-17H,11-12H2,(H,34,37)(H,35,38). The Kier molecular flexibility index (Phi) is 5.99. The fourth-order valence-corrected chi connectivity index (χ4v) is 4.36. The third-order valence-corrected chi connectivity index (χ3v) is 6.64. The van der Waals surface area contributed by atoms with Gasteiger partial charge in [0, 0.05) is 47.7 Å². The Morgan fingerprint density at radius 1 is 0.821 bits per heavy atom. The van der Waals surface area contributed by atoms with E-state index in [1.54, 1.807) is 35.4 Å². The number of halogens is 2. The van der Waals surface area contributed by atoms with Crippen molar-refractivity contribution in [2.24, 2.45) is 5.41 Å². The molecule has 2 N–H and O–H groups in total. The highest BCUT2D eigenvalue weighted by molar-refractivity contribution is 6.16. The number of benzene rings is 2. The number of hydrogen-bond donors (Lipinski definition) is 2. The fraction of sp³-hybridized carbons (Fsp3) is 0.103. The van der Waals surface area contributed by atoms with Crippen molar-refractivity contribution in [2.75, 3.05) is 10.6 Å². The summed E-state index contributed by atoms with van der Waals surface area (Å²) < 4.78 is 35.8. The summed E-state index contributed by atoms with van der Waals surface area (Å²) in [4.78, 5) is 29.8. The number of rotatable bonds is 7. The maximum Gasteiger partial charge on any atom is 0.240 e. The van der Waals surface area contributed by atoms with Gasteiger partial charge in [0.2, 0.25) is 11.8 Å². The first-order valence-electron chi connectivity index (χ1n) is 12.2. The average Bonchev–Trinajstić information content (AvgIpc) is 3.65. The van der Waals surface area contributed by atoms with E-state index in [9.17, 15) is 14.0 Å². The predicted octanol–water partition coefficient (Wildman–Crippen LogP) is 5.82. The lowest BCUT2D eigenvalue weighted by Gasteiger charge is -2.16. The second-order valence-corrected chi connectivity index (χ2v) is 9.20. The molecule has 8 nitrogen and oxygen atoms in total. The van der Waals surface area contributed by atoms with Crippen molar-refractivity contribution in [3.63, 3.8) is 0 Å². The molecule has 39 heavy (non-hydrogen) atoms. The Morgan fingerprint density at radius 2 is 1.51 bits per heavy atom. The van der Waals surface area contributed by atoms with Crippen molar-refractivity contribution < 1.29 is 23.1 Å². The van der Waals surface area contributed by atoms with Crippen molar-refractivity contribution in [3.8, 4) is 22.6 Å². The monoisotopic (exact) mass is 525 g/mol. The predicted molar refractivity (Wildman–Crippen MR) is 140 cm³/mol. The molecule has 2 amide bonds. The van der Waals surface area contributed by atoms with E-state index in [1.165, 1.54) is 36.4 Å². The van der Waals surface area contributed by atoms with Crippen LogP contribution < -0.4 is 15.4 Å². The summed E-state index contributed by atoms with van der Waals surface area (Å²) in [6.45, 7) is 0. The number of ether oxygens (including phenoxy) is 1. The molecule has 10 heteroatoms. The molecule has 0 bridgehead atoms. The summed E-state index contributed by atoms with van der Waals surface area (Å²) in [6, 6.07) is 16.6. The zero-order valence-corrected chi connectivity index (χ0v) is 20.4. The molecule has 3 aromatic heterocycles. The number of hydrogen-bond acceptors (Lipinski definition) is 5. The molecule has 0 radical (unpaired) electrons. The Morgan fingerprint density at radius 3 is 2.21 bits per heavy atom. The normalized spacial score (nSPS) is 13.6. The van der Waals surface area contributed by atoms with Crippen molar-refractivity contribution >= 4 is 28.7 Å². The molecule has 0 atom stereocenters. The SMILES string of the molecule is O=C(Nc1ccc(F)cc1)C1(C(=O)Nc2ccc(Oc3ccnn4ccc(-c5ccncc5)c34)c(F)c2)CC1. The molecule has 0 saturated heterocycles. The van der Waals surface area contributed by atoms with E-state index >= 15 is 4.39 Å². The van der Waals surface area contributed by atoms with Gasteiger partial charge in [-0.3, -0.25) is 14.6 Å². The number of aromatic nitrogens is 3. The number of carbonyl (C=O) groups excluding carboxylic acids is 2. The minimum Gasteiger partial charge on any atom is -0.452 e. The van der Waals surface area contributed by atoms with Gasteiger partial charge >= 0.3 is 0 Å². The summed E-state index contributed by atoms with van der Waals surface area (Å²) >= 11 is 0. The molecule has 1 fully saturated rings. The Hall–Kier alpha value is -5.12. The average molecular weight is 526 g/mol. The van der Waals surface area contributed by atoms with Crippen LogP contribution in [0.3, 0.4) is 0 Å². The van der Waals surface area contributed by atoms with Crippen molar-refractivity contribution in [1.82, 2.24) is 14.6 Å². The van der Waals surface area contributed by atoms with Crippen LogP contribution >= 0.6 is 0 Å². The smallest absolute Gasteiger partial charge is 0.240 e. The van der Waals surface area contributed by atoms with Gasteiger partial charge in [-0.25, -0.2) is 13.3 Å². The first-order chi connectivity index (χ1) is 18.9. The zero-order valence-electron chi connectivity index (χ0n) is 20.4. The highest BCUT2D eigenvalue weighted by Crippen LogP contribution is 2.47. The van der Waals surface area contributed by atoms with Crippen molar-refractivity contribution in [2.45, 2.75) is 12.8 Å². The number of anilines is 2. The van der Waals surface area contributed by atoms with Crippen LogP contribution in [0.4, 0.5) is 20.2 Å². The Bertz CT molecular complexity index is 1700. The second kappa shape index (κ2) is 9.64. The molecule has 1 saturated carbocycles. The number of amides is 2. The van der Waals surface area contributed by atoms with E-state index in [0.29, 0.717) is 29.8 Å².